The molecule has 0 radical (unpaired) electrons. The molecule has 0 aliphatic rings. The lowest BCUT2D eigenvalue weighted by molar-refractivity contribution is -0.121. The Kier molecular flexibility index (Phi) is 8.28. The SMILES string of the molecule is CCN(CC)[C@@H](CNC(=O)CCc1nc2cc(S(=O)(=O)N(C)C)ccc2n1C)c1ccsc1. The minimum atomic E-state index is -3.53. The number of fused-ring (bicyclic) bond motifs is 1. The normalized spacial score (nSPS) is 13.2. The summed E-state index contributed by atoms with van der Waals surface area (Å²) in [7, 11) is 1.37. The number of likely N-dealkylation sites (N-methyl/N-ethyl adjacent to an activating group) is 1. The first-order chi connectivity index (χ1) is 15.7. The molecule has 0 fully saturated rings. The maximum absolute atomic E-state index is 12.6. The topological polar surface area (TPSA) is 87.5 Å². The number of rotatable bonds is 11. The molecule has 180 valence electrons. The fraction of sp³-hybridized carbons (Fsp3) is 0.478. The minimum absolute atomic E-state index is 0.0229. The number of nitrogens with zero attached hydrogens (tertiary/aromatic N) is 4. The van der Waals surface area contributed by atoms with Crippen LogP contribution < -0.4 is 5.32 Å². The lowest BCUT2D eigenvalue weighted by atomic mass is 10.1. The molecule has 3 aromatic rings. The van der Waals surface area contributed by atoms with Crippen molar-refractivity contribution in [1.29, 1.82) is 0 Å². The number of thiophene rings is 1. The van der Waals surface area contributed by atoms with Crippen molar-refractivity contribution in [3.8, 4) is 0 Å². The van der Waals surface area contributed by atoms with Gasteiger partial charge in [0.05, 0.1) is 22.0 Å². The number of hydrogen-bond acceptors (Lipinski definition) is 6. The summed E-state index contributed by atoms with van der Waals surface area (Å²) < 4.78 is 27.9. The van der Waals surface area contributed by atoms with Gasteiger partial charge in [-0.15, -0.1) is 0 Å². The van der Waals surface area contributed by atoms with Crippen LogP contribution >= 0.6 is 11.3 Å². The molecule has 0 saturated heterocycles. The lowest BCUT2D eigenvalue weighted by Gasteiger charge is -2.29. The van der Waals surface area contributed by atoms with Gasteiger partial charge in [-0.1, -0.05) is 13.8 Å². The second-order valence-corrected chi connectivity index (χ2v) is 11.1. The summed E-state index contributed by atoms with van der Waals surface area (Å²) in [5, 5.41) is 7.29. The van der Waals surface area contributed by atoms with Gasteiger partial charge in [0, 0.05) is 40.5 Å². The molecular weight excluding hydrogens is 458 g/mol. The molecule has 0 spiro atoms. The first kappa shape index (κ1) is 25.4. The molecule has 1 atom stereocenters. The molecule has 10 heteroatoms. The second kappa shape index (κ2) is 10.8. The molecule has 3 rings (SSSR count). The van der Waals surface area contributed by atoms with Crippen LogP contribution in [0.3, 0.4) is 0 Å². The molecule has 33 heavy (non-hydrogen) atoms. The third-order valence-corrected chi connectivity index (χ3v) is 8.49. The number of aryl methyl sites for hydroxylation is 2. The number of aromatic nitrogens is 2. The van der Waals surface area contributed by atoms with Crippen molar-refractivity contribution in [1.82, 2.24) is 24.1 Å². The second-order valence-electron chi connectivity index (χ2n) is 8.12. The highest BCUT2D eigenvalue weighted by atomic mass is 32.2. The molecule has 0 aliphatic heterocycles. The van der Waals surface area contributed by atoms with E-state index in [-0.39, 0.29) is 16.8 Å². The Morgan fingerprint density at radius 3 is 2.55 bits per heavy atom. The zero-order chi connectivity index (χ0) is 24.2. The summed E-state index contributed by atoms with van der Waals surface area (Å²) in [6.07, 6.45) is 0.787. The average Bonchev–Trinajstić information content (AvgIpc) is 3.43. The van der Waals surface area contributed by atoms with E-state index < -0.39 is 10.0 Å². The van der Waals surface area contributed by atoms with Gasteiger partial charge in [-0.05, 0) is 53.7 Å². The first-order valence-electron chi connectivity index (χ1n) is 11.1. The Balaban J connectivity index is 1.67. The quantitative estimate of drug-likeness (QED) is 0.446. The highest BCUT2D eigenvalue weighted by Crippen LogP contribution is 2.23. The molecule has 8 nitrogen and oxygen atoms in total. The Morgan fingerprint density at radius 2 is 1.94 bits per heavy atom. The van der Waals surface area contributed by atoms with Gasteiger partial charge in [0.1, 0.15) is 5.82 Å². The van der Waals surface area contributed by atoms with Crippen LogP contribution in [0.25, 0.3) is 11.0 Å². The molecule has 2 aromatic heterocycles. The number of carbonyl (C=O) groups excluding carboxylic acids is 1. The van der Waals surface area contributed by atoms with E-state index in [9.17, 15) is 13.2 Å². The van der Waals surface area contributed by atoms with E-state index in [1.165, 1.54) is 24.0 Å². The van der Waals surface area contributed by atoms with Crippen LogP contribution in [0.15, 0.2) is 39.9 Å². The summed E-state index contributed by atoms with van der Waals surface area (Å²) in [6.45, 7) is 6.65. The number of sulfonamides is 1. The van der Waals surface area contributed by atoms with Gasteiger partial charge in [0.2, 0.25) is 15.9 Å². The Hall–Kier alpha value is -2.27. The van der Waals surface area contributed by atoms with Crippen molar-refractivity contribution < 1.29 is 13.2 Å². The third kappa shape index (κ3) is 5.63. The van der Waals surface area contributed by atoms with Crippen molar-refractivity contribution in [2.24, 2.45) is 7.05 Å². The van der Waals surface area contributed by atoms with Gasteiger partial charge in [0.25, 0.3) is 0 Å². The van der Waals surface area contributed by atoms with Crippen molar-refractivity contribution in [2.75, 3.05) is 33.7 Å². The average molecular weight is 492 g/mol. The molecule has 0 aliphatic carbocycles. The molecular formula is C23H33N5O3S2. The number of benzene rings is 1. The van der Waals surface area contributed by atoms with Crippen LogP contribution in [0.1, 0.15) is 37.7 Å². The number of nitrogens with one attached hydrogen (secondary N) is 1. The molecule has 2 heterocycles. The number of amides is 1. The monoisotopic (exact) mass is 491 g/mol. The molecule has 1 aromatic carbocycles. The van der Waals surface area contributed by atoms with Crippen LogP contribution in [0.5, 0.6) is 0 Å². The lowest BCUT2D eigenvalue weighted by Crippen LogP contribution is -2.38. The molecule has 1 amide bonds. The van der Waals surface area contributed by atoms with Crippen molar-refractivity contribution in [3.05, 3.63) is 46.4 Å². The number of hydrogen-bond donors (Lipinski definition) is 1. The number of imidazole rings is 1. The largest absolute Gasteiger partial charge is 0.354 e. The zero-order valence-electron chi connectivity index (χ0n) is 19.9. The fourth-order valence-corrected chi connectivity index (χ4v) is 5.56. The maximum atomic E-state index is 12.6. The third-order valence-electron chi connectivity index (χ3n) is 5.97. The van der Waals surface area contributed by atoms with Crippen LogP contribution in [0.4, 0.5) is 0 Å². The van der Waals surface area contributed by atoms with E-state index in [4.69, 9.17) is 0 Å². The predicted octanol–water partition coefficient (Wildman–Crippen LogP) is 3.02. The molecule has 0 bridgehead atoms. The van der Waals surface area contributed by atoms with Gasteiger partial charge in [-0.3, -0.25) is 9.69 Å². The van der Waals surface area contributed by atoms with Gasteiger partial charge in [-0.2, -0.15) is 11.3 Å². The highest BCUT2D eigenvalue weighted by molar-refractivity contribution is 7.89. The van der Waals surface area contributed by atoms with E-state index in [0.29, 0.717) is 24.9 Å². The predicted molar refractivity (Wildman–Crippen MR) is 133 cm³/mol. The van der Waals surface area contributed by atoms with Crippen LogP contribution in [0, 0.1) is 0 Å². The van der Waals surface area contributed by atoms with Crippen molar-refractivity contribution in [3.63, 3.8) is 0 Å². The van der Waals surface area contributed by atoms with E-state index in [1.54, 1.807) is 29.5 Å². The Morgan fingerprint density at radius 1 is 1.21 bits per heavy atom. The zero-order valence-corrected chi connectivity index (χ0v) is 21.5. The molecule has 0 unspecified atom stereocenters. The van der Waals surface area contributed by atoms with Gasteiger partial charge in [-0.25, -0.2) is 17.7 Å². The van der Waals surface area contributed by atoms with Gasteiger partial charge < -0.3 is 9.88 Å². The van der Waals surface area contributed by atoms with E-state index in [2.05, 4.69) is 45.9 Å². The Bertz CT molecular complexity index is 1180. The fourth-order valence-electron chi connectivity index (χ4n) is 3.94. The Labute approximate surface area is 200 Å². The minimum Gasteiger partial charge on any atom is -0.354 e. The van der Waals surface area contributed by atoms with Crippen LogP contribution in [-0.4, -0.2) is 66.8 Å². The summed E-state index contributed by atoms with van der Waals surface area (Å²) in [6, 6.07) is 7.21. The molecule has 0 saturated carbocycles. The van der Waals surface area contributed by atoms with E-state index >= 15 is 0 Å². The smallest absolute Gasteiger partial charge is 0.242 e. The van der Waals surface area contributed by atoms with Crippen LogP contribution in [-0.2, 0) is 28.3 Å². The van der Waals surface area contributed by atoms with Gasteiger partial charge in [0.15, 0.2) is 0 Å². The summed E-state index contributed by atoms with van der Waals surface area (Å²) in [4.78, 5) is 19.8. The van der Waals surface area contributed by atoms with Gasteiger partial charge >= 0.3 is 0 Å². The summed E-state index contributed by atoms with van der Waals surface area (Å²) >= 11 is 1.66. The number of carbonyl (C=O) groups is 1. The van der Waals surface area contributed by atoms with Crippen molar-refractivity contribution >= 4 is 38.3 Å². The van der Waals surface area contributed by atoms with Crippen LogP contribution in [0.2, 0.25) is 0 Å². The first-order valence-corrected chi connectivity index (χ1v) is 13.5. The van der Waals surface area contributed by atoms with E-state index in [0.717, 1.165) is 24.4 Å². The van der Waals surface area contributed by atoms with Crippen molar-refractivity contribution in [2.45, 2.75) is 37.6 Å². The summed E-state index contributed by atoms with van der Waals surface area (Å²) in [5.41, 5.74) is 2.67. The summed E-state index contributed by atoms with van der Waals surface area (Å²) in [5.74, 6) is 0.725. The van der Waals surface area contributed by atoms with E-state index in [1.807, 2.05) is 11.6 Å². The molecule has 1 N–H and O–H groups in total. The standard InChI is InChI=1S/C23H33N5O3S2/c1-6-28(7-2)21(17-12-13-32-16-17)15-24-23(29)11-10-22-25-19-14-18(33(30,31)26(3)4)8-9-20(19)27(22)5/h8-9,12-14,16,21H,6-7,10-11,15H2,1-5H3,(H,24,29)/t21-/m0/s1. The maximum Gasteiger partial charge on any atom is 0.242 e. The highest BCUT2D eigenvalue weighted by Gasteiger charge is 2.21.